The fourth-order valence-corrected chi connectivity index (χ4v) is 4.08. The Morgan fingerprint density at radius 2 is 1.62 bits per heavy atom. The second kappa shape index (κ2) is 8.30. The van der Waals surface area contributed by atoms with Gasteiger partial charge in [-0.25, -0.2) is 9.69 Å². The molecule has 4 rings (SSSR count). The van der Waals surface area contributed by atoms with Crippen LogP contribution in [0.5, 0.6) is 0 Å². The van der Waals surface area contributed by atoms with E-state index in [1.165, 1.54) is 6.08 Å². The van der Waals surface area contributed by atoms with E-state index >= 15 is 0 Å². The minimum absolute atomic E-state index is 0.136. The fourth-order valence-electron chi connectivity index (χ4n) is 3.78. The average Bonchev–Trinajstić information content (AvgIpc) is 3.01. The van der Waals surface area contributed by atoms with Crippen molar-refractivity contribution in [3.63, 3.8) is 0 Å². The standard InChI is InChI=1S/C24H19Cl2N3O3/c1-13-11-16(15(3)28(13)21-6-4-5-20(26)14(21)2)12-19-22(30)27-24(32)29(23(19)31)18-9-7-17(25)8-10-18/h4-12H,1-3H3,(H,27,30,32)/b19-12+. The van der Waals surface area contributed by atoms with E-state index in [0.717, 1.165) is 27.5 Å². The van der Waals surface area contributed by atoms with E-state index < -0.39 is 17.8 Å². The van der Waals surface area contributed by atoms with Crippen molar-refractivity contribution < 1.29 is 14.4 Å². The molecule has 1 saturated heterocycles. The van der Waals surface area contributed by atoms with Gasteiger partial charge in [-0.05, 0) is 80.4 Å². The number of nitrogens with zero attached hydrogens (tertiary/aromatic N) is 2. The third-order valence-electron chi connectivity index (χ3n) is 5.44. The normalized spacial score (nSPS) is 15.5. The molecule has 2 aromatic carbocycles. The van der Waals surface area contributed by atoms with Gasteiger partial charge in [-0.1, -0.05) is 29.3 Å². The summed E-state index contributed by atoms with van der Waals surface area (Å²) >= 11 is 12.2. The van der Waals surface area contributed by atoms with Crippen LogP contribution in [0.2, 0.25) is 10.0 Å². The van der Waals surface area contributed by atoms with Gasteiger partial charge in [0.15, 0.2) is 0 Å². The number of hydrogen-bond acceptors (Lipinski definition) is 3. The minimum atomic E-state index is -0.806. The molecule has 0 saturated carbocycles. The number of anilines is 1. The highest BCUT2D eigenvalue weighted by Crippen LogP contribution is 2.29. The third-order valence-corrected chi connectivity index (χ3v) is 6.10. The topological polar surface area (TPSA) is 71.4 Å². The molecular weight excluding hydrogens is 449 g/mol. The fraction of sp³-hybridized carbons (Fsp3) is 0.125. The smallest absolute Gasteiger partial charge is 0.318 e. The molecule has 0 radical (unpaired) electrons. The van der Waals surface area contributed by atoms with Gasteiger partial charge in [-0.2, -0.15) is 0 Å². The highest BCUT2D eigenvalue weighted by atomic mass is 35.5. The van der Waals surface area contributed by atoms with E-state index in [9.17, 15) is 14.4 Å². The van der Waals surface area contributed by atoms with E-state index in [0.29, 0.717) is 21.3 Å². The summed E-state index contributed by atoms with van der Waals surface area (Å²) in [7, 11) is 0. The molecule has 0 bridgehead atoms. The van der Waals surface area contributed by atoms with Crippen molar-refractivity contribution in [1.82, 2.24) is 9.88 Å². The summed E-state index contributed by atoms with van der Waals surface area (Å²) in [5, 5.41) is 3.35. The summed E-state index contributed by atoms with van der Waals surface area (Å²) in [4.78, 5) is 39.0. The summed E-state index contributed by atoms with van der Waals surface area (Å²) in [6.45, 7) is 5.76. The quantitative estimate of drug-likeness (QED) is 0.415. The lowest BCUT2D eigenvalue weighted by molar-refractivity contribution is -0.122. The molecule has 3 aromatic rings. The predicted molar refractivity (Wildman–Crippen MR) is 125 cm³/mol. The molecule has 1 fully saturated rings. The first kappa shape index (κ1) is 21.9. The number of urea groups is 1. The molecule has 2 heterocycles. The number of carbonyl (C=O) groups is 3. The first-order chi connectivity index (χ1) is 15.2. The van der Waals surface area contributed by atoms with E-state index in [2.05, 4.69) is 5.32 Å². The Bertz CT molecular complexity index is 1310. The Balaban J connectivity index is 1.78. The van der Waals surface area contributed by atoms with Crippen LogP contribution in [0, 0.1) is 20.8 Å². The van der Waals surface area contributed by atoms with Crippen LogP contribution in [0.15, 0.2) is 54.1 Å². The van der Waals surface area contributed by atoms with E-state index in [-0.39, 0.29) is 5.57 Å². The highest BCUT2D eigenvalue weighted by molar-refractivity contribution is 6.39. The molecule has 0 unspecified atom stereocenters. The monoisotopic (exact) mass is 467 g/mol. The second-order valence-corrected chi connectivity index (χ2v) is 8.32. The lowest BCUT2D eigenvalue weighted by Gasteiger charge is -2.26. The Hall–Kier alpha value is -3.35. The predicted octanol–water partition coefficient (Wildman–Crippen LogP) is 5.38. The summed E-state index contributed by atoms with van der Waals surface area (Å²) in [6, 6.07) is 12.9. The molecule has 0 atom stereocenters. The van der Waals surface area contributed by atoms with Gasteiger partial charge in [0, 0.05) is 27.1 Å². The number of carbonyl (C=O) groups excluding carboxylic acids is 3. The molecule has 0 spiro atoms. The summed E-state index contributed by atoms with van der Waals surface area (Å²) < 4.78 is 2.01. The van der Waals surface area contributed by atoms with Crippen LogP contribution in [0.25, 0.3) is 11.8 Å². The number of amides is 4. The number of nitrogens with one attached hydrogen (secondary N) is 1. The number of hydrogen-bond donors (Lipinski definition) is 1. The zero-order chi connectivity index (χ0) is 23.2. The average molecular weight is 468 g/mol. The summed E-state index contributed by atoms with van der Waals surface area (Å²) in [6.07, 6.45) is 1.51. The molecule has 0 aliphatic carbocycles. The lowest BCUT2D eigenvalue weighted by Crippen LogP contribution is -2.54. The van der Waals surface area contributed by atoms with E-state index in [4.69, 9.17) is 23.2 Å². The van der Waals surface area contributed by atoms with Crippen molar-refractivity contribution in [2.75, 3.05) is 4.90 Å². The first-order valence-corrected chi connectivity index (χ1v) is 10.6. The largest absolute Gasteiger partial charge is 0.335 e. The Labute approximate surface area is 195 Å². The van der Waals surface area contributed by atoms with Gasteiger partial charge in [0.2, 0.25) is 0 Å². The van der Waals surface area contributed by atoms with Crippen molar-refractivity contribution >= 4 is 52.8 Å². The molecule has 8 heteroatoms. The number of imide groups is 2. The minimum Gasteiger partial charge on any atom is -0.318 e. The lowest BCUT2D eigenvalue weighted by atomic mass is 10.1. The number of halogens is 2. The van der Waals surface area contributed by atoms with Crippen LogP contribution >= 0.6 is 23.2 Å². The van der Waals surface area contributed by atoms with Crippen molar-refractivity contribution in [1.29, 1.82) is 0 Å². The molecule has 4 amide bonds. The van der Waals surface area contributed by atoms with Crippen molar-refractivity contribution in [3.05, 3.63) is 86.7 Å². The Morgan fingerprint density at radius 3 is 2.31 bits per heavy atom. The first-order valence-electron chi connectivity index (χ1n) is 9.80. The number of barbiturate groups is 1. The van der Waals surface area contributed by atoms with Gasteiger partial charge in [0.05, 0.1) is 5.69 Å². The van der Waals surface area contributed by atoms with Crippen LogP contribution in [0.3, 0.4) is 0 Å². The number of rotatable bonds is 3. The molecule has 1 aliphatic rings. The zero-order valence-corrected chi connectivity index (χ0v) is 19.1. The third kappa shape index (κ3) is 3.72. The van der Waals surface area contributed by atoms with Crippen molar-refractivity contribution in [2.45, 2.75) is 20.8 Å². The Morgan fingerprint density at radius 1 is 0.938 bits per heavy atom. The molecule has 6 nitrogen and oxygen atoms in total. The molecule has 32 heavy (non-hydrogen) atoms. The highest BCUT2D eigenvalue weighted by Gasteiger charge is 2.37. The molecule has 1 aromatic heterocycles. The zero-order valence-electron chi connectivity index (χ0n) is 17.6. The van der Waals surface area contributed by atoms with Gasteiger partial charge in [-0.15, -0.1) is 0 Å². The van der Waals surface area contributed by atoms with Gasteiger partial charge in [0.1, 0.15) is 5.57 Å². The van der Waals surface area contributed by atoms with Gasteiger partial charge >= 0.3 is 6.03 Å². The van der Waals surface area contributed by atoms with Gasteiger partial charge < -0.3 is 4.57 Å². The number of aromatic nitrogens is 1. The number of benzene rings is 2. The maximum absolute atomic E-state index is 13.1. The van der Waals surface area contributed by atoms with Crippen LogP contribution in [-0.4, -0.2) is 22.4 Å². The van der Waals surface area contributed by atoms with Crippen LogP contribution in [0.1, 0.15) is 22.5 Å². The molecule has 1 aliphatic heterocycles. The van der Waals surface area contributed by atoms with E-state index in [1.54, 1.807) is 24.3 Å². The SMILES string of the molecule is Cc1c(Cl)cccc1-n1c(C)cc(/C=C2\C(=O)NC(=O)N(c3ccc(Cl)cc3)C2=O)c1C. The summed E-state index contributed by atoms with van der Waals surface area (Å²) in [5.41, 5.74) is 4.43. The van der Waals surface area contributed by atoms with Crippen LogP contribution in [0.4, 0.5) is 10.5 Å². The van der Waals surface area contributed by atoms with Gasteiger partial charge in [-0.3, -0.25) is 14.9 Å². The van der Waals surface area contributed by atoms with E-state index in [1.807, 2.05) is 49.6 Å². The molecule has 1 N–H and O–H groups in total. The molecular formula is C24H19Cl2N3O3. The maximum atomic E-state index is 13.1. The van der Waals surface area contributed by atoms with Crippen LogP contribution in [-0.2, 0) is 9.59 Å². The van der Waals surface area contributed by atoms with Crippen LogP contribution < -0.4 is 10.2 Å². The van der Waals surface area contributed by atoms with Crippen molar-refractivity contribution in [3.8, 4) is 5.69 Å². The number of aryl methyl sites for hydroxylation is 1. The summed E-state index contributed by atoms with van der Waals surface area (Å²) in [5.74, 6) is -1.45. The van der Waals surface area contributed by atoms with Crippen molar-refractivity contribution in [2.24, 2.45) is 0 Å². The Kier molecular flexibility index (Phi) is 5.67. The van der Waals surface area contributed by atoms with Gasteiger partial charge in [0.25, 0.3) is 11.8 Å². The second-order valence-electron chi connectivity index (χ2n) is 7.48. The molecule has 162 valence electrons. The maximum Gasteiger partial charge on any atom is 0.335 e.